The van der Waals surface area contributed by atoms with Crippen LogP contribution >= 0.6 is 27.7 Å². The summed E-state index contributed by atoms with van der Waals surface area (Å²) in [5.41, 5.74) is 0.592. The first-order chi connectivity index (χ1) is 7.76. The highest BCUT2D eigenvalue weighted by atomic mass is 79.9. The van der Waals surface area contributed by atoms with Gasteiger partial charge in [-0.1, -0.05) is 35.2 Å². The minimum Gasteiger partial charge on any atom is -0.298 e. The second-order valence-electron chi connectivity index (χ2n) is 5.59. The lowest BCUT2D eigenvalue weighted by atomic mass is 9.75. The van der Waals surface area contributed by atoms with E-state index in [2.05, 4.69) is 39.5 Å². The van der Waals surface area contributed by atoms with E-state index in [1.807, 2.05) is 0 Å². The Balaban J connectivity index is 1.93. The molecule has 2 rings (SSSR count). The van der Waals surface area contributed by atoms with Crippen LogP contribution in [0.3, 0.4) is 0 Å². The van der Waals surface area contributed by atoms with Crippen LogP contribution < -0.4 is 0 Å². The van der Waals surface area contributed by atoms with Crippen LogP contribution in [-0.4, -0.2) is 40.9 Å². The highest BCUT2D eigenvalue weighted by Gasteiger charge is 2.34. The second kappa shape index (κ2) is 6.10. The van der Waals surface area contributed by atoms with E-state index in [4.69, 9.17) is 0 Å². The van der Waals surface area contributed by atoms with Crippen LogP contribution in [0.2, 0.25) is 0 Å². The standard InChI is InChI=1S/C13H24BrNS/c1-12-9-16-8-7-15(12)11-13(10-14)5-3-2-4-6-13/h12H,2-11H2,1H3. The summed E-state index contributed by atoms with van der Waals surface area (Å²) in [6.45, 7) is 5.04. The van der Waals surface area contributed by atoms with Crippen LogP contribution in [-0.2, 0) is 0 Å². The van der Waals surface area contributed by atoms with Crippen molar-refractivity contribution < 1.29 is 0 Å². The molecule has 0 spiro atoms. The van der Waals surface area contributed by atoms with Crippen molar-refractivity contribution in [3.05, 3.63) is 0 Å². The number of halogens is 1. The molecular weight excluding hydrogens is 282 g/mol. The number of rotatable bonds is 3. The molecule has 0 aromatic rings. The summed E-state index contributed by atoms with van der Waals surface area (Å²) in [5.74, 6) is 2.67. The van der Waals surface area contributed by atoms with Gasteiger partial charge in [-0.05, 0) is 25.2 Å². The summed E-state index contributed by atoms with van der Waals surface area (Å²) in [4.78, 5) is 2.74. The Hall–Kier alpha value is 0.790. The van der Waals surface area contributed by atoms with Crippen molar-refractivity contribution in [3.63, 3.8) is 0 Å². The minimum atomic E-state index is 0.592. The Morgan fingerprint density at radius 3 is 2.69 bits per heavy atom. The predicted octanol–water partition coefficient (Wildman–Crippen LogP) is 3.77. The van der Waals surface area contributed by atoms with Crippen LogP contribution in [0.1, 0.15) is 39.0 Å². The first-order valence-corrected chi connectivity index (χ1v) is 8.91. The van der Waals surface area contributed by atoms with Gasteiger partial charge in [-0.3, -0.25) is 4.90 Å². The van der Waals surface area contributed by atoms with Crippen LogP contribution in [0.4, 0.5) is 0 Å². The zero-order valence-corrected chi connectivity index (χ0v) is 12.8. The van der Waals surface area contributed by atoms with E-state index in [0.717, 1.165) is 6.04 Å². The lowest BCUT2D eigenvalue weighted by Gasteiger charge is -2.43. The van der Waals surface area contributed by atoms with Crippen molar-refractivity contribution in [2.45, 2.75) is 45.1 Å². The summed E-state index contributed by atoms with van der Waals surface area (Å²) in [6.07, 6.45) is 7.23. The summed E-state index contributed by atoms with van der Waals surface area (Å²) >= 11 is 5.90. The molecule has 0 aromatic carbocycles. The van der Waals surface area contributed by atoms with E-state index in [9.17, 15) is 0 Å². The van der Waals surface area contributed by atoms with Gasteiger partial charge in [0, 0.05) is 36.0 Å². The third-order valence-corrected chi connectivity index (χ3v) is 6.62. The van der Waals surface area contributed by atoms with Gasteiger partial charge in [0.25, 0.3) is 0 Å². The molecule has 1 saturated heterocycles. The molecule has 1 unspecified atom stereocenters. The lowest BCUT2D eigenvalue weighted by Crippen LogP contribution is -2.48. The van der Waals surface area contributed by atoms with Gasteiger partial charge < -0.3 is 0 Å². The normalized spacial score (nSPS) is 31.5. The third kappa shape index (κ3) is 3.17. The molecule has 0 amide bonds. The Morgan fingerprint density at radius 2 is 2.06 bits per heavy atom. The quantitative estimate of drug-likeness (QED) is 0.730. The van der Waals surface area contributed by atoms with E-state index in [0.29, 0.717) is 5.41 Å². The van der Waals surface area contributed by atoms with Gasteiger partial charge in [0.05, 0.1) is 0 Å². The van der Waals surface area contributed by atoms with Crippen molar-refractivity contribution >= 4 is 27.7 Å². The second-order valence-corrected chi connectivity index (χ2v) is 7.30. The van der Waals surface area contributed by atoms with Crippen molar-refractivity contribution in [2.24, 2.45) is 5.41 Å². The van der Waals surface area contributed by atoms with Gasteiger partial charge >= 0.3 is 0 Å². The number of hydrogen-bond acceptors (Lipinski definition) is 2. The van der Waals surface area contributed by atoms with Crippen molar-refractivity contribution in [1.82, 2.24) is 4.90 Å². The Bertz CT molecular complexity index is 216. The molecule has 2 fully saturated rings. The average molecular weight is 306 g/mol. The Morgan fingerprint density at radius 1 is 1.31 bits per heavy atom. The van der Waals surface area contributed by atoms with E-state index in [1.165, 1.54) is 62.0 Å². The van der Waals surface area contributed by atoms with E-state index < -0.39 is 0 Å². The molecule has 1 heterocycles. The van der Waals surface area contributed by atoms with Gasteiger partial charge in [0.1, 0.15) is 0 Å². The van der Waals surface area contributed by atoms with Gasteiger partial charge in [0.2, 0.25) is 0 Å². The van der Waals surface area contributed by atoms with Crippen molar-refractivity contribution in [2.75, 3.05) is 29.9 Å². The summed E-state index contributed by atoms with van der Waals surface area (Å²) in [6, 6.07) is 0.789. The highest BCUT2D eigenvalue weighted by molar-refractivity contribution is 9.09. The first-order valence-electron chi connectivity index (χ1n) is 6.64. The molecule has 0 bridgehead atoms. The molecule has 1 saturated carbocycles. The fourth-order valence-corrected chi connectivity index (χ4v) is 4.88. The Labute approximate surface area is 113 Å². The fraction of sp³-hybridized carbons (Fsp3) is 1.00. The molecule has 0 aromatic heterocycles. The van der Waals surface area contributed by atoms with E-state index in [-0.39, 0.29) is 0 Å². The molecule has 16 heavy (non-hydrogen) atoms. The number of hydrogen-bond donors (Lipinski definition) is 0. The predicted molar refractivity (Wildman–Crippen MR) is 77.7 cm³/mol. The molecule has 1 atom stereocenters. The minimum absolute atomic E-state index is 0.592. The molecular formula is C13H24BrNS. The molecule has 2 aliphatic rings. The smallest absolute Gasteiger partial charge is 0.0158 e. The van der Waals surface area contributed by atoms with Crippen molar-refractivity contribution in [1.29, 1.82) is 0 Å². The highest BCUT2D eigenvalue weighted by Crippen LogP contribution is 2.39. The fourth-order valence-electron chi connectivity index (χ4n) is 3.06. The van der Waals surface area contributed by atoms with Crippen LogP contribution in [0.5, 0.6) is 0 Å². The zero-order valence-electron chi connectivity index (χ0n) is 10.4. The van der Waals surface area contributed by atoms with Gasteiger partial charge in [-0.2, -0.15) is 11.8 Å². The van der Waals surface area contributed by atoms with Crippen LogP contribution in [0.25, 0.3) is 0 Å². The number of alkyl halides is 1. The molecule has 3 heteroatoms. The molecule has 0 N–H and O–H groups in total. The van der Waals surface area contributed by atoms with Gasteiger partial charge in [-0.15, -0.1) is 0 Å². The summed E-state index contributed by atoms with van der Waals surface area (Å²) in [7, 11) is 0. The maximum atomic E-state index is 3.78. The Kier molecular flexibility index (Phi) is 5.05. The van der Waals surface area contributed by atoms with E-state index >= 15 is 0 Å². The number of nitrogens with zero attached hydrogens (tertiary/aromatic N) is 1. The zero-order chi connectivity index (χ0) is 11.4. The molecule has 94 valence electrons. The third-order valence-electron chi connectivity index (χ3n) is 4.24. The monoisotopic (exact) mass is 305 g/mol. The maximum Gasteiger partial charge on any atom is 0.0158 e. The SMILES string of the molecule is CC1CSCCN1CC1(CBr)CCCCC1. The largest absolute Gasteiger partial charge is 0.298 e. The summed E-state index contributed by atoms with van der Waals surface area (Å²) < 4.78 is 0. The van der Waals surface area contributed by atoms with E-state index in [1.54, 1.807) is 0 Å². The molecule has 1 nitrogen and oxygen atoms in total. The first kappa shape index (κ1) is 13.2. The van der Waals surface area contributed by atoms with Crippen LogP contribution in [0.15, 0.2) is 0 Å². The van der Waals surface area contributed by atoms with Gasteiger partial charge in [0.15, 0.2) is 0 Å². The maximum absolute atomic E-state index is 3.78. The lowest BCUT2D eigenvalue weighted by molar-refractivity contribution is 0.108. The molecule has 1 aliphatic heterocycles. The average Bonchev–Trinajstić information content (AvgIpc) is 2.33. The summed E-state index contributed by atoms with van der Waals surface area (Å²) in [5, 5.41) is 1.20. The molecule has 0 radical (unpaired) electrons. The topological polar surface area (TPSA) is 3.24 Å². The van der Waals surface area contributed by atoms with Crippen LogP contribution in [0, 0.1) is 5.41 Å². The van der Waals surface area contributed by atoms with Gasteiger partial charge in [-0.25, -0.2) is 0 Å². The number of thioether (sulfide) groups is 1. The molecule has 1 aliphatic carbocycles. The van der Waals surface area contributed by atoms with Crippen molar-refractivity contribution in [3.8, 4) is 0 Å².